The second kappa shape index (κ2) is 11.8. The topological polar surface area (TPSA) is 45.6 Å². The van der Waals surface area contributed by atoms with Crippen LogP contribution in [-0.2, 0) is 5.60 Å². The Morgan fingerprint density at radius 2 is 1.29 bits per heavy atom. The van der Waals surface area contributed by atoms with Crippen molar-refractivity contribution >= 4 is 0 Å². The molecule has 180 valence electrons. The standard InChI is InChI=1S/C31H34N2O2/c1-3-33(4-2)23-24-35-29-17-15-28(16-18-29)31(34,27-13-9-6-10-14-27)30(25-11-7-5-8-12-25)26-19-21-32-22-20-26/h5-22,30,34H,3-4,23-24H2,1-2H3/t30-,31+/m0/s1. The van der Waals surface area contributed by atoms with Crippen LogP contribution in [0.1, 0.15) is 42.0 Å². The molecule has 0 fully saturated rings. The van der Waals surface area contributed by atoms with Crippen molar-refractivity contribution in [2.75, 3.05) is 26.2 Å². The van der Waals surface area contributed by atoms with Gasteiger partial charge in [0.1, 0.15) is 18.0 Å². The zero-order chi connectivity index (χ0) is 24.5. The summed E-state index contributed by atoms with van der Waals surface area (Å²) in [5.74, 6) is 0.472. The molecule has 0 aliphatic rings. The predicted octanol–water partition coefficient (Wildman–Crippen LogP) is 5.87. The van der Waals surface area contributed by atoms with Gasteiger partial charge in [0.05, 0.1) is 0 Å². The number of likely N-dealkylation sites (N-methyl/N-ethyl adjacent to an activating group) is 1. The van der Waals surface area contributed by atoms with E-state index in [1.807, 2.05) is 84.9 Å². The van der Waals surface area contributed by atoms with Crippen molar-refractivity contribution in [3.05, 3.63) is 132 Å². The van der Waals surface area contributed by atoms with Gasteiger partial charge >= 0.3 is 0 Å². The van der Waals surface area contributed by atoms with Crippen LogP contribution in [-0.4, -0.2) is 41.2 Å². The first kappa shape index (κ1) is 24.6. The number of ether oxygens (including phenoxy) is 1. The van der Waals surface area contributed by atoms with Gasteiger partial charge in [-0.05, 0) is 59.6 Å². The average molecular weight is 467 g/mol. The first-order valence-corrected chi connectivity index (χ1v) is 12.3. The Morgan fingerprint density at radius 1 is 0.743 bits per heavy atom. The zero-order valence-corrected chi connectivity index (χ0v) is 20.5. The number of benzene rings is 3. The van der Waals surface area contributed by atoms with Crippen molar-refractivity contribution in [2.45, 2.75) is 25.4 Å². The zero-order valence-electron chi connectivity index (χ0n) is 20.5. The molecule has 0 unspecified atom stereocenters. The van der Waals surface area contributed by atoms with Gasteiger partial charge < -0.3 is 14.7 Å². The van der Waals surface area contributed by atoms with Crippen molar-refractivity contribution in [3.8, 4) is 5.75 Å². The summed E-state index contributed by atoms with van der Waals surface area (Å²) in [5, 5.41) is 12.7. The monoisotopic (exact) mass is 466 g/mol. The fourth-order valence-electron chi connectivity index (χ4n) is 4.71. The van der Waals surface area contributed by atoms with Crippen molar-refractivity contribution < 1.29 is 9.84 Å². The third-order valence-corrected chi connectivity index (χ3v) is 6.67. The molecule has 35 heavy (non-hydrogen) atoms. The summed E-state index contributed by atoms with van der Waals surface area (Å²) in [5.41, 5.74) is 2.37. The van der Waals surface area contributed by atoms with Crippen LogP contribution in [0.15, 0.2) is 109 Å². The lowest BCUT2D eigenvalue weighted by Crippen LogP contribution is -2.35. The number of nitrogens with zero attached hydrogens (tertiary/aromatic N) is 2. The summed E-state index contributed by atoms with van der Waals surface area (Å²) in [6, 6.07) is 31.9. The second-order valence-electron chi connectivity index (χ2n) is 8.66. The molecule has 4 rings (SSSR count). The molecular formula is C31H34N2O2. The first-order valence-electron chi connectivity index (χ1n) is 12.3. The minimum absolute atomic E-state index is 0.330. The van der Waals surface area contributed by atoms with E-state index >= 15 is 0 Å². The van der Waals surface area contributed by atoms with E-state index < -0.39 is 5.60 Å². The number of hydrogen-bond acceptors (Lipinski definition) is 4. The molecule has 4 nitrogen and oxygen atoms in total. The van der Waals surface area contributed by atoms with Gasteiger partial charge in [-0.1, -0.05) is 86.6 Å². The lowest BCUT2D eigenvalue weighted by atomic mass is 9.70. The number of pyridine rings is 1. The Hall–Kier alpha value is -3.47. The van der Waals surface area contributed by atoms with E-state index in [1.165, 1.54) is 0 Å². The maximum Gasteiger partial charge on any atom is 0.125 e. The summed E-state index contributed by atoms with van der Waals surface area (Å²) in [6.07, 6.45) is 3.56. The molecule has 1 heterocycles. The molecule has 4 aromatic rings. The summed E-state index contributed by atoms with van der Waals surface area (Å²) in [6.45, 7) is 7.87. The van der Waals surface area contributed by atoms with Gasteiger partial charge in [0.2, 0.25) is 0 Å². The van der Waals surface area contributed by atoms with Crippen LogP contribution in [0, 0.1) is 0 Å². The Bertz CT molecular complexity index is 1110. The van der Waals surface area contributed by atoms with Crippen molar-refractivity contribution in [3.63, 3.8) is 0 Å². The highest BCUT2D eigenvalue weighted by molar-refractivity contribution is 5.48. The minimum Gasteiger partial charge on any atom is -0.492 e. The molecule has 2 atom stereocenters. The first-order chi connectivity index (χ1) is 17.2. The third kappa shape index (κ3) is 5.61. The Morgan fingerprint density at radius 3 is 1.89 bits per heavy atom. The van der Waals surface area contributed by atoms with Crippen LogP contribution in [0.25, 0.3) is 0 Å². The summed E-state index contributed by atoms with van der Waals surface area (Å²) in [4.78, 5) is 6.55. The molecule has 0 spiro atoms. The lowest BCUT2D eigenvalue weighted by molar-refractivity contribution is 0.0624. The average Bonchev–Trinajstić information content (AvgIpc) is 2.93. The molecule has 1 aromatic heterocycles. The molecule has 0 bridgehead atoms. The third-order valence-electron chi connectivity index (χ3n) is 6.67. The fourth-order valence-corrected chi connectivity index (χ4v) is 4.71. The van der Waals surface area contributed by atoms with E-state index in [0.29, 0.717) is 6.61 Å². The SMILES string of the molecule is CCN(CC)CCOc1ccc([C@](O)(c2ccccc2)[C@@H](c2ccccc2)c2ccncc2)cc1. The van der Waals surface area contributed by atoms with Crippen molar-refractivity contribution in [1.82, 2.24) is 9.88 Å². The van der Waals surface area contributed by atoms with Crippen LogP contribution in [0.4, 0.5) is 0 Å². The van der Waals surface area contributed by atoms with Gasteiger partial charge in [-0.25, -0.2) is 0 Å². The largest absolute Gasteiger partial charge is 0.492 e. The van der Waals surface area contributed by atoms with Gasteiger partial charge in [-0.15, -0.1) is 0 Å². The number of aromatic nitrogens is 1. The van der Waals surface area contributed by atoms with Gasteiger partial charge in [-0.2, -0.15) is 0 Å². The molecular weight excluding hydrogens is 432 g/mol. The minimum atomic E-state index is -1.30. The predicted molar refractivity (Wildman–Crippen MR) is 142 cm³/mol. The second-order valence-corrected chi connectivity index (χ2v) is 8.66. The molecule has 0 aliphatic carbocycles. The van der Waals surface area contributed by atoms with Crippen LogP contribution in [0.2, 0.25) is 0 Å². The quantitative estimate of drug-likeness (QED) is 0.300. The molecule has 3 aromatic carbocycles. The molecule has 0 saturated heterocycles. The Labute approximate surface area is 208 Å². The molecule has 0 aliphatic heterocycles. The van der Waals surface area contributed by atoms with Crippen LogP contribution in [0.3, 0.4) is 0 Å². The number of aliphatic hydroxyl groups is 1. The maximum absolute atomic E-state index is 12.7. The summed E-state index contributed by atoms with van der Waals surface area (Å²) < 4.78 is 6.01. The Kier molecular flexibility index (Phi) is 8.30. The highest BCUT2D eigenvalue weighted by Crippen LogP contribution is 2.46. The van der Waals surface area contributed by atoms with E-state index in [1.54, 1.807) is 12.4 Å². The van der Waals surface area contributed by atoms with E-state index in [-0.39, 0.29) is 5.92 Å². The van der Waals surface area contributed by atoms with Gasteiger partial charge in [0, 0.05) is 24.9 Å². The summed E-state index contributed by atoms with van der Waals surface area (Å²) >= 11 is 0. The normalized spacial score (nSPS) is 13.8. The molecule has 0 amide bonds. The van der Waals surface area contributed by atoms with Crippen molar-refractivity contribution in [2.24, 2.45) is 0 Å². The van der Waals surface area contributed by atoms with E-state index in [4.69, 9.17) is 4.74 Å². The lowest BCUT2D eigenvalue weighted by Gasteiger charge is -2.38. The number of rotatable bonds is 11. The van der Waals surface area contributed by atoms with Crippen LogP contribution < -0.4 is 4.74 Å². The number of hydrogen-bond donors (Lipinski definition) is 1. The van der Waals surface area contributed by atoms with E-state index in [2.05, 4.69) is 35.9 Å². The van der Waals surface area contributed by atoms with Crippen molar-refractivity contribution in [1.29, 1.82) is 0 Å². The fraction of sp³-hybridized carbons (Fsp3) is 0.258. The molecule has 0 radical (unpaired) electrons. The maximum atomic E-state index is 12.7. The van der Waals surface area contributed by atoms with E-state index in [9.17, 15) is 5.11 Å². The highest BCUT2D eigenvalue weighted by Gasteiger charge is 2.42. The molecule has 0 saturated carbocycles. The summed E-state index contributed by atoms with van der Waals surface area (Å²) in [7, 11) is 0. The van der Waals surface area contributed by atoms with Gasteiger partial charge in [-0.3, -0.25) is 4.98 Å². The highest BCUT2D eigenvalue weighted by atomic mass is 16.5. The van der Waals surface area contributed by atoms with Gasteiger partial charge in [0.25, 0.3) is 0 Å². The Balaban J connectivity index is 1.74. The van der Waals surface area contributed by atoms with E-state index in [0.717, 1.165) is 47.6 Å². The smallest absolute Gasteiger partial charge is 0.125 e. The van der Waals surface area contributed by atoms with Crippen LogP contribution in [0.5, 0.6) is 5.75 Å². The van der Waals surface area contributed by atoms with Crippen LogP contribution >= 0.6 is 0 Å². The molecule has 4 heteroatoms. The van der Waals surface area contributed by atoms with Gasteiger partial charge in [0.15, 0.2) is 0 Å². The molecule has 1 N–H and O–H groups in total.